The molecule has 2 aromatic carbocycles. The Balaban J connectivity index is 1.39. The van der Waals surface area contributed by atoms with Gasteiger partial charge in [0.15, 0.2) is 11.9 Å². The van der Waals surface area contributed by atoms with E-state index in [-0.39, 0.29) is 35.3 Å². The first kappa shape index (κ1) is 30.8. The van der Waals surface area contributed by atoms with Crippen LogP contribution in [0.25, 0.3) is 5.69 Å². The van der Waals surface area contributed by atoms with E-state index in [1.54, 1.807) is 13.0 Å². The van der Waals surface area contributed by atoms with Crippen LogP contribution in [-0.4, -0.2) is 40.3 Å². The van der Waals surface area contributed by atoms with Crippen LogP contribution >= 0.6 is 11.6 Å². The third-order valence-electron chi connectivity index (χ3n) is 6.18. The first-order chi connectivity index (χ1) is 20.6. The van der Waals surface area contributed by atoms with E-state index in [4.69, 9.17) is 30.2 Å². The fourth-order valence-electron chi connectivity index (χ4n) is 4.16. The van der Waals surface area contributed by atoms with Crippen LogP contribution < -0.4 is 14.9 Å². The molecule has 2 heterocycles. The molecular formula is C30H29ClN4O8. The standard InChI is InChI=1S/C30H29ClN4O8/c1-5-40-30(37)20(4)42-28-21(14-22(31)15-26(28)35(38)39)16-32-33-29(36)27-13-12-25(43-27)17-41-24-10-8-23(9-11-24)34-18(2)6-7-19(34)3/h6-16,20H,5,17H2,1-4H3,(H,33,36)/b32-16+/t20-/m1/s1. The van der Waals surface area contributed by atoms with Gasteiger partial charge in [0, 0.05) is 33.7 Å². The van der Waals surface area contributed by atoms with Crippen molar-refractivity contribution in [3.8, 4) is 17.2 Å². The third-order valence-corrected chi connectivity index (χ3v) is 6.39. The van der Waals surface area contributed by atoms with Crippen LogP contribution in [0, 0.1) is 24.0 Å². The number of hydrazone groups is 1. The molecule has 1 amide bonds. The fourth-order valence-corrected chi connectivity index (χ4v) is 4.38. The predicted molar refractivity (Wildman–Crippen MR) is 158 cm³/mol. The number of benzene rings is 2. The minimum absolute atomic E-state index is 0.0240. The van der Waals surface area contributed by atoms with Crippen molar-refractivity contribution in [2.75, 3.05) is 6.61 Å². The number of ether oxygens (including phenoxy) is 3. The second-order valence-corrected chi connectivity index (χ2v) is 9.75. The lowest BCUT2D eigenvalue weighted by molar-refractivity contribution is -0.386. The quantitative estimate of drug-likeness (QED) is 0.0901. The number of nitrogens with one attached hydrogen (secondary N) is 1. The summed E-state index contributed by atoms with van der Waals surface area (Å²) in [5.74, 6) is -0.650. The molecule has 0 aliphatic rings. The molecule has 0 aliphatic heterocycles. The number of nitro benzene ring substituents is 1. The summed E-state index contributed by atoms with van der Waals surface area (Å²) in [7, 11) is 0. The highest BCUT2D eigenvalue weighted by atomic mass is 35.5. The lowest BCUT2D eigenvalue weighted by atomic mass is 10.2. The third kappa shape index (κ3) is 7.60. The van der Waals surface area contributed by atoms with Gasteiger partial charge >= 0.3 is 17.6 Å². The van der Waals surface area contributed by atoms with Gasteiger partial charge in [-0.25, -0.2) is 10.2 Å². The summed E-state index contributed by atoms with van der Waals surface area (Å²) in [6.45, 7) is 7.28. The first-order valence-electron chi connectivity index (χ1n) is 13.2. The number of nitro groups is 1. The van der Waals surface area contributed by atoms with Crippen molar-refractivity contribution in [1.29, 1.82) is 0 Å². The van der Waals surface area contributed by atoms with E-state index in [1.165, 1.54) is 19.1 Å². The molecule has 0 radical (unpaired) electrons. The van der Waals surface area contributed by atoms with Crippen LogP contribution in [0.15, 0.2) is 70.2 Å². The molecule has 12 nitrogen and oxygen atoms in total. The van der Waals surface area contributed by atoms with Crippen LogP contribution in [0.3, 0.4) is 0 Å². The maximum absolute atomic E-state index is 12.6. The Morgan fingerprint density at radius 3 is 2.47 bits per heavy atom. The molecule has 0 spiro atoms. The van der Waals surface area contributed by atoms with Crippen LogP contribution in [0.4, 0.5) is 5.69 Å². The highest BCUT2D eigenvalue weighted by molar-refractivity contribution is 6.31. The fraction of sp³-hybridized carbons (Fsp3) is 0.233. The second kappa shape index (κ2) is 13.7. The molecule has 2 aromatic heterocycles. The molecular weight excluding hydrogens is 580 g/mol. The van der Waals surface area contributed by atoms with E-state index < -0.39 is 28.6 Å². The average Bonchev–Trinajstić information content (AvgIpc) is 3.59. The summed E-state index contributed by atoms with van der Waals surface area (Å²) >= 11 is 6.04. The number of halogens is 1. The monoisotopic (exact) mass is 608 g/mol. The molecule has 4 rings (SSSR count). The van der Waals surface area contributed by atoms with Crippen molar-refractivity contribution in [1.82, 2.24) is 9.99 Å². The Morgan fingerprint density at radius 1 is 1.12 bits per heavy atom. The van der Waals surface area contributed by atoms with E-state index in [0.717, 1.165) is 29.4 Å². The molecule has 43 heavy (non-hydrogen) atoms. The van der Waals surface area contributed by atoms with E-state index in [9.17, 15) is 19.7 Å². The van der Waals surface area contributed by atoms with Crippen molar-refractivity contribution in [3.63, 3.8) is 0 Å². The van der Waals surface area contributed by atoms with E-state index in [0.29, 0.717) is 11.5 Å². The van der Waals surface area contributed by atoms with Gasteiger partial charge in [0.2, 0.25) is 5.75 Å². The molecule has 4 aromatic rings. The number of carbonyl (C=O) groups excluding carboxylic acids is 2. The summed E-state index contributed by atoms with van der Waals surface area (Å²) in [6.07, 6.45) is -0.0480. The van der Waals surface area contributed by atoms with Crippen LogP contribution in [0.1, 0.15) is 47.1 Å². The maximum Gasteiger partial charge on any atom is 0.347 e. The molecule has 224 valence electrons. The molecule has 0 aliphatic carbocycles. The molecule has 13 heteroatoms. The maximum atomic E-state index is 12.6. The van der Waals surface area contributed by atoms with Crippen LogP contribution in [-0.2, 0) is 16.1 Å². The van der Waals surface area contributed by atoms with E-state index >= 15 is 0 Å². The molecule has 1 atom stereocenters. The topological polar surface area (TPSA) is 147 Å². The largest absolute Gasteiger partial charge is 0.486 e. The second-order valence-electron chi connectivity index (χ2n) is 9.31. The number of amides is 1. The minimum atomic E-state index is -1.16. The number of rotatable bonds is 12. The zero-order valence-corrected chi connectivity index (χ0v) is 24.6. The number of hydrogen-bond acceptors (Lipinski definition) is 9. The SMILES string of the molecule is CCOC(=O)[C@@H](C)Oc1c(/C=N/NC(=O)c2ccc(COc3ccc(-n4c(C)ccc4C)cc3)o2)cc(Cl)cc1[N+](=O)[O-]. The van der Waals surface area contributed by atoms with Crippen LogP contribution in [0.2, 0.25) is 5.02 Å². The summed E-state index contributed by atoms with van der Waals surface area (Å²) in [5.41, 5.74) is 5.13. The molecule has 0 saturated heterocycles. The Hall–Kier alpha value is -5.10. The molecule has 0 saturated carbocycles. The molecule has 0 bridgehead atoms. The van der Waals surface area contributed by atoms with Crippen molar-refractivity contribution >= 4 is 35.4 Å². The Morgan fingerprint density at radius 2 is 1.81 bits per heavy atom. The zero-order chi connectivity index (χ0) is 31.1. The minimum Gasteiger partial charge on any atom is -0.486 e. The predicted octanol–water partition coefficient (Wildman–Crippen LogP) is 5.92. The number of furan rings is 1. The van der Waals surface area contributed by atoms with Crippen molar-refractivity contribution in [3.05, 3.63) is 104 Å². The van der Waals surface area contributed by atoms with Gasteiger partial charge in [-0.1, -0.05) is 11.6 Å². The number of nitrogens with zero attached hydrogens (tertiary/aromatic N) is 3. The number of carbonyl (C=O) groups is 2. The Labute approximate surface area is 252 Å². The van der Waals surface area contributed by atoms with Gasteiger partial charge in [0.1, 0.15) is 18.1 Å². The number of aryl methyl sites for hydroxylation is 2. The highest BCUT2D eigenvalue weighted by Gasteiger charge is 2.26. The smallest absolute Gasteiger partial charge is 0.347 e. The molecule has 0 fully saturated rings. The van der Waals surface area contributed by atoms with Gasteiger partial charge in [0.25, 0.3) is 0 Å². The van der Waals surface area contributed by atoms with Gasteiger partial charge < -0.3 is 23.2 Å². The molecule has 0 unspecified atom stereocenters. The van der Waals surface area contributed by atoms with Gasteiger partial charge in [-0.05, 0) is 82.3 Å². The van der Waals surface area contributed by atoms with Gasteiger partial charge in [-0.3, -0.25) is 14.9 Å². The normalized spacial score (nSPS) is 11.7. The highest BCUT2D eigenvalue weighted by Crippen LogP contribution is 2.34. The van der Waals surface area contributed by atoms with Crippen molar-refractivity contribution in [2.24, 2.45) is 5.10 Å². The van der Waals surface area contributed by atoms with Gasteiger partial charge in [-0.2, -0.15) is 5.10 Å². The zero-order valence-electron chi connectivity index (χ0n) is 23.8. The average molecular weight is 609 g/mol. The van der Waals surface area contributed by atoms with Crippen molar-refractivity contribution < 1.29 is 33.1 Å². The van der Waals surface area contributed by atoms with Crippen molar-refractivity contribution in [2.45, 2.75) is 40.4 Å². The first-order valence-corrected chi connectivity index (χ1v) is 13.6. The molecule has 1 N–H and O–H groups in total. The van der Waals surface area contributed by atoms with Crippen LogP contribution in [0.5, 0.6) is 11.5 Å². The summed E-state index contributed by atoms with van der Waals surface area (Å²) < 4.78 is 23.9. The summed E-state index contributed by atoms with van der Waals surface area (Å²) in [6, 6.07) is 17.2. The number of aromatic nitrogens is 1. The van der Waals surface area contributed by atoms with E-state index in [2.05, 4.69) is 27.2 Å². The number of hydrogen-bond donors (Lipinski definition) is 1. The van der Waals surface area contributed by atoms with Gasteiger partial charge in [-0.15, -0.1) is 0 Å². The summed E-state index contributed by atoms with van der Waals surface area (Å²) in [4.78, 5) is 35.5. The Bertz CT molecular complexity index is 1640. The summed E-state index contributed by atoms with van der Waals surface area (Å²) in [5, 5.41) is 15.5. The lowest BCUT2D eigenvalue weighted by Crippen LogP contribution is -2.27. The lowest BCUT2D eigenvalue weighted by Gasteiger charge is -2.15. The Kier molecular flexibility index (Phi) is 9.83. The van der Waals surface area contributed by atoms with Gasteiger partial charge in [0.05, 0.1) is 17.7 Å². The van der Waals surface area contributed by atoms with E-state index in [1.807, 2.05) is 38.1 Å². The number of esters is 1.